The van der Waals surface area contributed by atoms with Gasteiger partial charge in [0, 0.05) is 0 Å². The normalized spacial score (nSPS) is 10.6. The standard InChI is InChI=1S/C12H13O6/c1-12(2,18-10(13)14)8-16-11(15)17-9-6-4-3-5-7-9/h3-7H,8H2,1-2H3. The van der Waals surface area contributed by atoms with E-state index in [0.29, 0.717) is 5.75 Å². The van der Waals surface area contributed by atoms with Gasteiger partial charge in [0.1, 0.15) is 18.0 Å². The van der Waals surface area contributed by atoms with Crippen LogP contribution < -0.4 is 4.74 Å². The Balaban J connectivity index is 2.40. The summed E-state index contributed by atoms with van der Waals surface area (Å²) >= 11 is 0. The minimum absolute atomic E-state index is 0.271. The highest BCUT2D eigenvalue weighted by molar-refractivity contribution is 5.63. The molecule has 0 atom stereocenters. The summed E-state index contributed by atoms with van der Waals surface area (Å²) in [5.74, 6) is 0.334. The van der Waals surface area contributed by atoms with Gasteiger partial charge in [-0.25, -0.2) is 4.79 Å². The van der Waals surface area contributed by atoms with Gasteiger partial charge >= 0.3 is 12.3 Å². The monoisotopic (exact) mass is 253 g/mol. The molecule has 6 heteroatoms. The minimum Gasteiger partial charge on any atom is -0.430 e. The first kappa shape index (κ1) is 13.8. The van der Waals surface area contributed by atoms with Crippen molar-refractivity contribution in [1.29, 1.82) is 0 Å². The van der Waals surface area contributed by atoms with Gasteiger partial charge in [-0.1, -0.05) is 18.2 Å². The molecule has 0 aliphatic rings. The van der Waals surface area contributed by atoms with E-state index in [9.17, 15) is 14.7 Å². The number of ether oxygens (including phenoxy) is 3. The van der Waals surface area contributed by atoms with Crippen molar-refractivity contribution in [2.75, 3.05) is 6.61 Å². The number of para-hydroxylation sites is 1. The van der Waals surface area contributed by atoms with Crippen LogP contribution in [-0.4, -0.2) is 24.5 Å². The first-order chi connectivity index (χ1) is 8.39. The quantitative estimate of drug-likeness (QED) is 0.608. The fourth-order valence-corrected chi connectivity index (χ4v) is 1.10. The number of rotatable bonds is 4. The molecule has 0 unspecified atom stereocenters. The second kappa shape index (κ2) is 5.90. The van der Waals surface area contributed by atoms with Gasteiger partial charge in [0.05, 0.1) is 0 Å². The number of carbonyl (C=O) groups excluding carboxylic acids is 2. The van der Waals surface area contributed by atoms with Crippen LogP contribution in [-0.2, 0) is 14.6 Å². The number of hydrogen-bond donors (Lipinski definition) is 0. The minimum atomic E-state index is -1.68. The third kappa shape index (κ3) is 5.20. The molecule has 0 bridgehead atoms. The number of benzene rings is 1. The average molecular weight is 253 g/mol. The fraction of sp³-hybridized carbons (Fsp3) is 0.333. The van der Waals surface area contributed by atoms with E-state index in [1.165, 1.54) is 13.8 Å². The number of carbonyl (C=O) groups is 2. The third-order valence-corrected chi connectivity index (χ3v) is 1.84. The van der Waals surface area contributed by atoms with Crippen molar-refractivity contribution < 1.29 is 28.9 Å². The highest BCUT2D eigenvalue weighted by Gasteiger charge is 2.26. The third-order valence-electron chi connectivity index (χ3n) is 1.84. The second-order valence-corrected chi connectivity index (χ2v) is 4.07. The van der Waals surface area contributed by atoms with Crippen molar-refractivity contribution >= 4 is 12.3 Å². The Labute approximate surface area is 104 Å². The zero-order chi connectivity index (χ0) is 13.6. The molecule has 0 aliphatic carbocycles. The van der Waals surface area contributed by atoms with Crippen LogP contribution in [0.3, 0.4) is 0 Å². The van der Waals surface area contributed by atoms with Crippen LogP contribution in [0.1, 0.15) is 13.8 Å². The van der Waals surface area contributed by atoms with E-state index in [1.54, 1.807) is 30.3 Å². The molecular formula is C12H13O6. The average Bonchev–Trinajstić information content (AvgIpc) is 2.26. The summed E-state index contributed by atoms with van der Waals surface area (Å²) in [6.45, 7) is 2.61. The lowest BCUT2D eigenvalue weighted by molar-refractivity contribution is -0.0488. The largest absolute Gasteiger partial charge is 0.550 e. The first-order valence-corrected chi connectivity index (χ1v) is 5.19. The summed E-state index contributed by atoms with van der Waals surface area (Å²) in [5, 5.41) is 10.2. The molecule has 0 saturated heterocycles. The Morgan fingerprint density at radius 3 is 2.33 bits per heavy atom. The molecule has 6 nitrogen and oxygen atoms in total. The Morgan fingerprint density at radius 1 is 1.17 bits per heavy atom. The van der Waals surface area contributed by atoms with Gasteiger partial charge < -0.3 is 14.2 Å². The van der Waals surface area contributed by atoms with Crippen LogP contribution in [0.5, 0.6) is 5.75 Å². The predicted octanol–water partition coefficient (Wildman–Crippen LogP) is 2.55. The van der Waals surface area contributed by atoms with E-state index < -0.39 is 17.9 Å². The molecule has 97 valence electrons. The van der Waals surface area contributed by atoms with Crippen LogP contribution in [0.2, 0.25) is 0 Å². The summed E-state index contributed by atoms with van der Waals surface area (Å²) in [6, 6.07) is 8.35. The van der Waals surface area contributed by atoms with Gasteiger partial charge in [-0.3, -0.25) is 0 Å². The maximum Gasteiger partial charge on any atom is 0.550 e. The smallest absolute Gasteiger partial charge is 0.430 e. The van der Waals surface area contributed by atoms with Gasteiger partial charge in [0.25, 0.3) is 0 Å². The topological polar surface area (TPSA) is 81.7 Å². The van der Waals surface area contributed by atoms with Gasteiger partial charge in [-0.15, -0.1) is 0 Å². The lowest BCUT2D eigenvalue weighted by Gasteiger charge is -2.21. The maximum absolute atomic E-state index is 11.3. The Bertz CT molecular complexity index is 412. The van der Waals surface area contributed by atoms with E-state index >= 15 is 0 Å². The summed E-state index contributed by atoms with van der Waals surface area (Å²) in [5.41, 5.74) is -1.19. The maximum atomic E-state index is 11.3. The second-order valence-electron chi connectivity index (χ2n) is 4.07. The van der Waals surface area contributed by atoms with Crippen molar-refractivity contribution in [2.45, 2.75) is 19.4 Å². The van der Waals surface area contributed by atoms with Gasteiger partial charge in [0.2, 0.25) is 0 Å². The van der Waals surface area contributed by atoms with E-state index in [2.05, 4.69) is 4.74 Å². The predicted molar refractivity (Wildman–Crippen MR) is 59.7 cm³/mol. The van der Waals surface area contributed by atoms with Gasteiger partial charge in [-0.2, -0.15) is 9.90 Å². The van der Waals surface area contributed by atoms with Crippen molar-refractivity contribution in [1.82, 2.24) is 0 Å². The highest BCUT2D eigenvalue weighted by atomic mass is 16.7. The Kier molecular flexibility index (Phi) is 4.53. The molecule has 18 heavy (non-hydrogen) atoms. The lowest BCUT2D eigenvalue weighted by atomic mass is 10.1. The van der Waals surface area contributed by atoms with Crippen molar-refractivity contribution in [3.05, 3.63) is 30.3 Å². The van der Waals surface area contributed by atoms with E-state index in [0.717, 1.165) is 0 Å². The molecule has 1 rings (SSSR count). The molecule has 0 fully saturated rings. The fourth-order valence-electron chi connectivity index (χ4n) is 1.10. The molecule has 1 aromatic rings. The Hall–Kier alpha value is -2.24. The first-order valence-electron chi connectivity index (χ1n) is 5.19. The van der Waals surface area contributed by atoms with E-state index in [4.69, 9.17) is 9.47 Å². The van der Waals surface area contributed by atoms with Crippen LogP contribution in [0, 0.1) is 0 Å². The van der Waals surface area contributed by atoms with E-state index in [1.807, 2.05) is 0 Å². The summed E-state index contributed by atoms with van der Waals surface area (Å²) < 4.78 is 14.0. The molecule has 1 aromatic carbocycles. The van der Waals surface area contributed by atoms with E-state index in [-0.39, 0.29) is 6.61 Å². The number of hydrogen-bond acceptors (Lipinski definition) is 5. The van der Waals surface area contributed by atoms with Crippen LogP contribution in [0.15, 0.2) is 30.3 Å². The van der Waals surface area contributed by atoms with Crippen LogP contribution in [0.25, 0.3) is 0 Å². The molecular weight excluding hydrogens is 240 g/mol. The van der Waals surface area contributed by atoms with Crippen molar-refractivity contribution in [3.8, 4) is 5.75 Å². The highest BCUT2D eigenvalue weighted by Crippen LogP contribution is 2.12. The molecule has 0 aromatic heterocycles. The molecule has 0 N–H and O–H groups in total. The molecule has 1 radical (unpaired) electrons. The lowest BCUT2D eigenvalue weighted by Crippen LogP contribution is -2.34. The molecule has 0 spiro atoms. The molecule has 0 aliphatic heterocycles. The SMILES string of the molecule is CC(C)(COC(=O)Oc1ccccc1)OC([O])=O. The van der Waals surface area contributed by atoms with Crippen LogP contribution >= 0.6 is 0 Å². The molecule has 0 heterocycles. The van der Waals surface area contributed by atoms with Gasteiger partial charge in [0.15, 0.2) is 0 Å². The zero-order valence-corrected chi connectivity index (χ0v) is 10.0. The summed E-state index contributed by atoms with van der Waals surface area (Å²) in [6.07, 6.45) is -2.61. The van der Waals surface area contributed by atoms with Crippen LogP contribution in [0.4, 0.5) is 9.59 Å². The summed E-state index contributed by atoms with van der Waals surface area (Å²) in [7, 11) is 0. The Morgan fingerprint density at radius 2 is 1.78 bits per heavy atom. The molecule has 0 amide bonds. The zero-order valence-electron chi connectivity index (χ0n) is 10.0. The summed E-state index contributed by atoms with van der Waals surface area (Å²) in [4.78, 5) is 21.5. The molecule has 0 saturated carbocycles. The van der Waals surface area contributed by atoms with Gasteiger partial charge in [-0.05, 0) is 26.0 Å². The van der Waals surface area contributed by atoms with Crippen molar-refractivity contribution in [2.24, 2.45) is 0 Å². The van der Waals surface area contributed by atoms with Crippen molar-refractivity contribution in [3.63, 3.8) is 0 Å².